The maximum absolute atomic E-state index is 12.4. The predicted molar refractivity (Wildman–Crippen MR) is 104 cm³/mol. The molecular weight excluding hydrogens is 364 g/mol. The van der Waals surface area contributed by atoms with Crippen LogP contribution >= 0.6 is 23.1 Å². The Balaban J connectivity index is 1.51. The number of thiophene rings is 1. The van der Waals surface area contributed by atoms with E-state index in [2.05, 4.69) is 28.3 Å². The van der Waals surface area contributed by atoms with Crippen molar-refractivity contribution < 1.29 is 4.79 Å². The number of amides is 1. The standard InChI is InChI=1S/C19H22N4OS2/c1-12-4-5-13-14(8-12)26-18-16(13)17(21-11-22-18)25-9-15(24)23-19(10-20)6-2-3-7-19/h11-12H,2-9H2,1H3,(H,23,24). The van der Waals surface area contributed by atoms with Crippen LogP contribution in [0.2, 0.25) is 0 Å². The molecule has 7 heteroatoms. The summed E-state index contributed by atoms with van der Waals surface area (Å²) in [4.78, 5) is 23.8. The highest BCUT2D eigenvalue weighted by Crippen LogP contribution is 2.40. The van der Waals surface area contributed by atoms with Crippen LogP contribution in [0.4, 0.5) is 0 Å². The van der Waals surface area contributed by atoms with Gasteiger partial charge in [-0.05, 0) is 56.4 Å². The Kier molecular flexibility index (Phi) is 4.89. The summed E-state index contributed by atoms with van der Waals surface area (Å²) in [6.45, 7) is 2.30. The first-order valence-corrected chi connectivity index (χ1v) is 11.0. The molecule has 2 aliphatic carbocycles. The molecule has 2 aromatic rings. The van der Waals surface area contributed by atoms with Crippen molar-refractivity contribution in [3.63, 3.8) is 0 Å². The topological polar surface area (TPSA) is 78.7 Å². The highest BCUT2D eigenvalue weighted by Gasteiger charge is 2.35. The summed E-state index contributed by atoms with van der Waals surface area (Å²) in [6, 6.07) is 2.31. The van der Waals surface area contributed by atoms with Gasteiger partial charge in [0.2, 0.25) is 5.91 Å². The van der Waals surface area contributed by atoms with Gasteiger partial charge in [-0.25, -0.2) is 9.97 Å². The van der Waals surface area contributed by atoms with E-state index >= 15 is 0 Å². The van der Waals surface area contributed by atoms with Gasteiger partial charge in [-0.15, -0.1) is 11.3 Å². The fraction of sp³-hybridized carbons (Fsp3) is 0.579. The van der Waals surface area contributed by atoms with E-state index in [-0.39, 0.29) is 11.7 Å². The van der Waals surface area contributed by atoms with Gasteiger partial charge >= 0.3 is 0 Å². The highest BCUT2D eigenvalue weighted by molar-refractivity contribution is 8.00. The van der Waals surface area contributed by atoms with Gasteiger partial charge in [-0.2, -0.15) is 5.26 Å². The minimum absolute atomic E-state index is 0.0806. The Morgan fingerprint density at radius 3 is 3.04 bits per heavy atom. The molecule has 1 saturated carbocycles. The Bertz CT molecular complexity index is 880. The second-order valence-corrected chi connectivity index (χ2v) is 9.50. The molecule has 2 aliphatic rings. The van der Waals surface area contributed by atoms with Crippen LogP contribution in [0.1, 0.15) is 49.5 Å². The van der Waals surface area contributed by atoms with Crippen molar-refractivity contribution in [3.05, 3.63) is 16.8 Å². The number of aromatic nitrogens is 2. The lowest BCUT2D eigenvalue weighted by molar-refractivity contribution is -0.119. The molecule has 1 amide bonds. The van der Waals surface area contributed by atoms with Crippen molar-refractivity contribution in [1.29, 1.82) is 5.26 Å². The molecular formula is C19H22N4OS2. The number of nitrogens with one attached hydrogen (secondary N) is 1. The van der Waals surface area contributed by atoms with E-state index in [9.17, 15) is 10.1 Å². The van der Waals surface area contributed by atoms with Gasteiger partial charge in [0.15, 0.2) is 0 Å². The lowest BCUT2D eigenvalue weighted by Crippen LogP contribution is -2.45. The molecule has 136 valence electrons. The van der Waals surface area contributed by atoms with Crippen LogP contribution in [0.15, 0.2) is 11.4 Å². The maximum atomic E-state index is 12.4. The van der Waals surface area contributed by atoms with Crippen LogP contribution in [0.5, 0.6) is 0 Å². The van der Waals surface area contributed by atoms with Crippen molar-refractivity contribution in [3.8, 4) is 6.07 Å². The molecule has 0 saturated heterocycles. The second-order valence-electron chi connectivity index (χ2n) is 7.45. The SMILES string of the molecule is CC1CCc2c(sc3ncnc(SCC(=O)NC4(C#N)CCCC4)c23)C1. The predicted octanol–water partition coefficient (Wildman–Crippen LogP) is 3.86. The Morgan fingerprint density at radius 1 is 1.46 bits per heavy atom. The van der Waals surface area contributed by atoms with Crippen molar-refractivity contribution >= 4 is 39.2 Å². The summed E-state index contributed by atoms with van der Waals surface area (Å²) in [5, 5.41) is 14.4. The third-order valence-electron chi connectivity index (χ3n) is 5.45. The Hall–Kier alpha value is -1.65. The second kappa shape index (κ2) is 7.16. The van der Waals surface area contributed by atoms with Crippen LogP contribution in [-0.4, -0.2) is 27.2 Å². The first-order valence-electron chi connectivity index (χ1n) is 9.20. The number of aryl methyl sites for hydroxylation is 1. The molecule has 1 fully saturated rings. The number of rotatable bonds is 4. The van der Waals surface area contributed by atoms with Gasteiger partial charge in [0, 0.05) is 10.3 Å². The monoisotopic (exact) mass is 386 g/mol. The quantitative estimate of drug-likeness (QED) is 0.638. The van der Waals surface area contributed by atoms with E-state index < -0.39 is 5.54 Å². The number of nitriles is 1. The average Bonchev–Trinajstić information content (AvgIpc) is 3.24. The number of thioether (sulfide) groups is 1. The lowest BCUT2D eigenvalue weighted by Gasteiger charge is -2.21. The van der Waals surface area contributed by atoms with Gasteiger partial charge in [-0.1, -0.05) is 18.7 Å². The first-order chi connectivity index (χ1) is 12.6. The van der Waals surface area contributed by atoms with Gasteiger partial charge in [0.05, 0.1) is 11.8 Å². The largest absolute Gasteiger partial charge is 0.337 e. The molecule has 0 aliphatic heterocycles. The van der Waals surface area contributed by atoms with E-state index in [1.165, 1.54) is 28.6 Å². The van der Waals surface area contributed by atoms with Crippen LogP contribution in [0.25, 0.3) is 10.2 Å². The maximum Gasteiger partial charge on any atom is 0.231 e. The third kappa shape index (κ3) is 3.33. The summed E-state index contributed by atoms with van der Waals surface area (Å²) < 4.78 is 0. The number of nitrogens with zero attached hydrogens (tertiary/aromatic N) is 3. The van der Waals surface area contributed by atoms with Crippen LogP contribution < -0.4 is 5.32 Å². The number of carbonyl (C=O) groups is 1. The van der Waals surface area contributed by atoms with Crippen molar-refractivity contribution in [2.24, 2.45) is 5.92 Å². The fourth-order valence-electron chi connectivity index (χ4n) is 4.04. The summed E-state index contributed by atoms with van der Waals surface area (Å²) >= 11 is 3.24. The molecule has 2 aromatic heterocycles. The Morgan fingerprint density at radius 2 is 2.27 bits per heavy atom. The summed E-state index contributed by atoms with van der Waals surface area (Å²) in [5.41, 5.74) is 0.729. The number of carbonyl (C=O) groups excluding carboxylic acids is 1. The van der Waals surface area contributed by atoms with Crippen LogP contribution in [-0.2, 0) is 17.6 Å². The van der Waals surface area contributed by atoms with Gasteiger partial charge < -0.3 is 5.32 Å². The molecule has 26 heavy (non-hydrogen) atoms. The smallest absolute Gasteiger partial charge is 0.231 e. The minimum atomic E-state index is -0.656. The van der Waals surface area contributed by atoms with Crippen LogP contribution in [0.3, 0.4) is 0 Å². The molecule has 0 aromatic carbocycles. The third-order valence-corrected chi connectivity index (χ3v) is 7.60. The van der Waals surface area contributed by atoms with Crippen molar-refractivity contribution in [2.75, 3.05) is 5.75 Å². The van der Waals surface area contributed by atoms with Gasteiger partial charge in [0.25, 0.3) is 0 Å². The zero-order valence-corrected chi connectivity index (χ0v) is 16.5. The van der Waals surface area contributed by atoms with E-state index in [0.717, 1.165) is 59.7 Å². The molecule has 1 N–H and O–H groups in total. The lowest BCUT2D eigenvalue weighted by atomic mass is 9.89. The van der Waals surface area contributed by atoms with Crippen molar-refractivity contribution in [2.45, 2.75) is 62.4 Å². The number of hydrogen-bond acceptors (Lipinski definition) is 6. The summed E-state index contributed by atoms with van der Waals surface area (Å²) in [5.74, 6) is 0.929. The molecule has 4 rings (SSSR count). The molecule has 0 radical (unpaired) electrons. The number of fused-ring (bicyclic) bond motifs is 3. The van der Waals surface area contributed by atoms with E-state index in [4.69, 9.17) is 0 Å². The van der Waals surface area contributed by atoms with E-state index in [1.807, 2.05) is 0 Å². The first kappa shape index (κ1) is 17.7. The zero-order valence-electron chi connectivity index (χ0n) is 14.9. The molecule has 5 nitrogen and oxygen atoms in total. The Labute approximate surface area is 161 Å². The fourth-order valence-corrected chi connectivity index (χ4v) is 6.28. The minimum Gasteiger partial charge on any atom is -0.337 e. The summed E-state index contributed by atoms with van der Waals surface area (Å²) in [7, 11) is 0. The molecule has 2 heterocycles. The average molecular weight is 387 g/mol. The van der Waals surface area contributed by atoms with E-state index in [0.29, 0.717) is 0 Å². The zero-order chi connectivity index (χ0) is 18.1. The molecule has 1 atom stereocenters. The molecule has 0 bridgehead atoms. The van der Waals surface area contributed by atoms with E-state index in [1.54, 1.807) is 17.7 Å². The van der Waals surface area contributed by atoms with Crippen molar-refractivity contribution in [1.82, 2.24) is 15.3 Å². The van der Waals surface area contributed by atoms with Gasteiger partial charge in [0.1, 0.15) is 21.7 Å². The van der Waals surface area contributed by atoms with Gasteiger partial charge in [-0.3, -0.25) is 4.79 Å². The van der Waals surface area contributed by atoms with Crippen LogP contribution in [0, 0.1) is 17.2 Å². The molecule has 1 unspecified atom stereocenters. The summed E-state index contributed by atoms with van der Waals surface area (Å²) in [6.07, 6.45) is 8.51. The normalized spacial score (nSPS) is 21.3. The number of hydrogen-bond donors (Lipinski definition) is 1. The molecule has 0 spiro atoms. The highest BCUT2D eigenvalue weighted by atomic mass is 32.2.